The van der Waals surface area contributed by atoms with Crippen LogP contribution in [0.3, 0.4) is 0 Å². The Bertz CT molecular complexity index is 837. The Morgan fingerprint density at radius 1 is 1.09 bits per heavy atom. The second-order valence-corrected chi connectivity index (χ2v) is 5.84. The van der Waals surface area contributed by atoms with E-state index in [0.29, 0.717) is 27.9 Å². The quantitative estimate of drug-likeness (QED) is 0.699. The zero-order valence-electron chi connectivity index (χ0n) is 11.9. The molecule has 6 heteroatoms. The number of carbonyl (C=O) groups excluding carboxylic acids is 1. The van der Waals surface area contributed by atoms with E-state index >= 15 is 0 Å². The fourth-order valence-corrected chi connectivity index (χ4v) is 2.63. The molecule has 1 N–H and O–H groups in total. The van der Waals surface area contributed by atoms with E-state index < -0.39 is 5.76 Å². The first-order chi connectivity index (χ1) is 11.1. The van der Waals surface area contributed by atoms with Crippen molar-refractivity contribution in [2.45, 2.75) is 10.7 Å². The van der Waals surface area contributed by atoms with Crippen LogP contribution >= 0.6 is 11.8 Å². The topological polar surface area (TPSA) is 42.0 Å². The van der Waals surface area contributed by atoms with E-state index in [4.69, 9.17) is 0 Å². The summed E-state index contributed by atoms with van der Waals surface area (Å²) in [5.41, 5.74) is 1.83. The summed E-state index contributed by atoms with van der Waals surface area (Å²) < 4.78 is 24.5. The van der Waals surface area contributed by atoms with Crippen molar-refractivity contribution in [3.05, 3.63) is 66.4 Å². The number of nitrogens with zero attached hydrogens (tertiary/aromatic N) is 1. The number of anilines is 1. The molecule has 1 aromatic heterocycles. The molecule has 1 amide bonds. The Kier molecular flexibility index (Phi) is 4.52. The van der Waals surface area contributed by atoms with Gasteiger partial charge in [-0.05, 0) is 36.4 Å². The summed E-state index contributed by atoms with van der Waals surface area (Å²) >= 11 is 0.449. The van der Waals surface area contributed by atoms with Crippen LogP contribution in [-0.2, 0) is 0 Å². The van der Waals surface area contributed by atoms with E-state index in [-0.39, 0.29) is 5.91 Å². The van der Waals surface area contributed by atoms with Gasteiger partial charge in [-0.2, -0.15) is 8.78 Å². The van der Waals surface area contributed by atoms with Crippen LogP contribution in [0, 0.1) is 0 Å². The van der Waals surface area contributed by atoms with E-state index in [1.165, 1.54) is 24.3 Å². The minimum atomic E-state index is -2.47. The van der Waals surface area contributed by atoms with Gasteiger partial charge in [0, 0.05) is 15.8 Å². The maximum absolute atomic E-state index is 12.3. The number of hydrogen-bond acceptors (Lipinski definition) is 3. The van der Waals surface area contributed by atoms with Crippen LogP contribution in [-0.4, -0.2) is 16.6 Å². The molecule has 0 fully saturated rings. The average molecular weight is 330 g/mol. The van der Waals surface area contributed by atoms with Crippen molar-refractivity contribution in [1.82, 2.24) is 4.98 Å². The molecule has 0 saturated carbocycles. The molecule has 0 aliphatic heterocycles. The molecular weight excluding hydrogens is 318 g/mol. The number of rotatable bonds is 4. The summed E-state index contributed by atoms with van der Waals surface area (Å²) in [4.78, 5) is 16.9. The lowest BCUT2D eigenvalue weighted by atomic mass is 10.2. The standard InChI is InChI=1S/C17H12F2N2OS/c18-17(19)23-14-7-5-11(6-8-14)16(22)21-13-9-12-3-1-2-4-15(12)20-10-13/h1-10,17H,(H,21,22). The fraction of sp³-hybridized carbons (Fsp3) is 0.0588. The number of amides is 1. The zero-order valence-corrected chi connectivity index (χ0v) is 12.7. The summed E-state index contributed by atoms with van der Waals surface area (Å²) in [6.07, 6.45) is 1.58. The van der Waals surface area contributed by atoms with Gasteiger partial charge in [-0.25, -0.2) is 0 Å². The Morgan fingerprint density at radius 3 is 2.57 bits per heavy atom. The predicted octanol–water partition coefficient (Wildman–Crippen LogP) is 4.80. The van der Waals surface area contributed by atoms with Crippen LogP contribution in [0.2, 0.25) is 0 Å². The fourth-order valence-electron chi connectivity index (χ4n) is 2.13. The molecule has 2 aromatic carbocycles. The summed E-state index contributed by atoms with van der Waals surface area (Å²) in [6, 6.07) is 15.5. The van der Waals surface area contributed by atoms with Gasteiger partial charge >= 0.3 is 0 Å². The van der Waals surface area contributed by atoms with Crippen LogP contribution in [0.15, 0.2) is 65.7 Å². The molecule has 0 aliphatic carbocycles. The number of benzene rings is 2. The Hall–Kier alpha value is -2.47. The molecule has 23 heavy (non-hydrogen) atoms. The monoisotopic (exact) mass is 330 g/mol. The van der Waals surface area contributed by atoms with E-state index in [9.17, 15) is 13.6 Å². The third-order valence-corrected chi connectivity index (χ3v) is 3.91. The number of hydrogen-bond donors (Lipinski definition) is 1. The highest BCUT2D eigenvalue weighted by molar-refractivity contribution is 7.99. The molecule has 3 rings (SSSR count). The normalized spacial score (nSPS) is 10.9. The molecule has 0 bridgehead atoms. The van der Waals surface area contributed by atoms with E-state index in [2.05, 4.69) is 10.3 Å². The zero-order chi connectivity index (χ0) is 16.2. The van der Waals surface area contributed by atoms with E-state index in [0.717, 1.165) is 10.9 Å². The predicted molar refractivity (Wildman–Crippen MR) is 88.0 cm³/mol. The van der Waals surface area contributed by atoms with Crippen LogP contribution in [0.4, 0.5) is 14.5 Å². The molecule has 3 nitrogen and oxygen atoms in total. The number of nitrogens with one attached hydrogen (secondary N) is 1. The molecule has 0 atom stereocenters. The van der Waals surface area contributed by atoms with Crippen molar-refractivity contribution in [3.8, 4) is 0 Å². The van der Waals surface area contributed by atoms with Gasteiger partial charge < -0.3 is 5.32 Å². The number of carbonyl (C=O) groups is 1. The van der Waals surface area contributed by atoms with Gasteiger partial charge in [-0.15, -0.1) is 0 Å². The van der Waals surface area contributed by atoms with Crippen LogP contribution in [0.25, 0.3) is 10.9 Å². The van der Waals surface area contributed by atoms with Gasteiger partial charge in [0.15, 0.2) is 0 Å². The van der Waals surface area contributed by atoms with E-state index in [1.54, 1.807) is 6.20 Å². The lowest BCUT2D eigenvalue weighted by molar-refractivity contribution is 0.102. The summed E-state index contributed by atoms with van der Waals surface area (Å²) in [5, 5.41) is 3.68. The lowest BCUT2D eigenvalue weighted by Gasteiger charge is -2.07. The molecule has 116 valence electrons. The van der Waals surface area contributed by atoms with Crippen molar-refractivity contribution in [2.75, 3.05) is 5.32 Å². The second-order valence-electron chi connectivity index (χ2n) is 4.77. The SMILES string of the molecule is O=C(Nc1cnc2ccccc2c1)c1ccc(SC(F)F)cc1. The lowest BCUT2D eigenvalue weighted by Crippen LogP contribution is -2.11. The number of alkyl halides is 2. The van der Waals surface area contributed by atoms with E-state index in [1.807, 2.05) is 30.3 Å². The molecule has 3 aromatic rings. The third kappa shape index (κ3) is 3.84. The number of thioether (sulfide) groups is 1. The minimum Gasteiger partial charge on any atom is -0.321 e. The van der Waals surface area contributed by atoms with Gasteiger partial charge in [0.2, 0.25) is 0 Å². The Balaban J connectivity index is 1.74. The van der Waals surface area contributed by atoms with Crippen molar-refractivity contribution < 1.29 is 13.6 Å². The largest absolute Gasteiger partial charge is 0.321 e. The average Bonchev–Trinajstić information content (AvgIpc) is 2.55. The van der Waals surface area contributed by atoms with Crippen molar-refractivity contribution in [1.29, 1.82) is 0 Å². The van der Waals surface area contributed by atoms with Crippen molar-refractivity contribution in [2.24, 2.45) is 0 Å². The van der Waals surface area contributed by atoms with Crippen molar-refractivity contribution in [3.63, 3.8) is 0 Å². The molecule has 0 spiro atoms. The maximum atomic E-state index is 12.3. The van der Waals surface area contributed by atoms with Gasteiger partial charge in [0.25, 0.3) is 11.7 Å². The molecule has 0 radical (unpaired) electrons. The summed E-state index contributed by atoms with van der Waals surface area (Å²) in [6.45, 7) is 0. The first-order valence-electron chi connectivity index (χ1n) is 6.83. The Labute approximate surface area is 135 Å². The van der Waals surface area contributed by atoms with Gasteiger partial charge in [0.05, 0.1) is 17.4 Å². The van der Waals surface area contributed by atoms with Gasteiger partial charge in [0.1, 0.15) is 0 Å². The van der Waals surface area contributed by atoms with Crippen LogP contribution in [0.1, 0.15) is 10.4 Å². The highest BCUT2D eigenvalue weighted by Crippen LogP contribution is 2.25. The molecule has 0 aliphatic rings. The first kappa shape index (κ1) is 15.4. The third-order valence-electron chi connectivity index (χ3n) is 3.19. The molecule has 1 heterocycles. The highest BCUT2D eigenvalue weighted by atomic mass is 32.2. The maximum Gasteiger partial charge on any atom is 0.288 e. The number of para-hydroxylation sites is 1. The minimum absolute atomic E-state index is 0.310. The number of halogens is 2. The summed E-state index contributed by atoms with van der Waals surface area (Å²) in [7, 11) is 0. The van der Waals surface area contributed by atoms with Crippen molar-refractivity contribution >= 4 is 34.3 Å². The van der Waals surface area contributed by atoms with Crippen LogP contribution in [0.5, 0.6) is 0 Å². The van der Waals surface area contributed by atoms with Gasteiger partial charge in [-0.3, -0.25) is 9.78 Å². The number of pyridine rings is 1. The molecule has 0 saturated heterocycles. The molecule has 0 unspecified atom stereocenters. The highest BCUT2D eigenvalue weighted by Gasteiger charge is 2.09. The molecular formula is C17H12F2N2OS. The smallest absolute Gasteiger partial charge is 0.288 e. The van der Waals surface area contributed by atoms with Crippen LogP contribution < -0.4 is 5.32 Å². The Morgan fingerprint density at radius 2 is 1.83 bits per heavy atom. The second kappa shape index (κ2) is 6.75. The van der Waals surface area contributed by atoms with Gasteiger partial charge in [-0.1, -0.05) is 30.0 Å². The number of aromatic nitrogens is 1. The number of fused-ring (bicyclic) bond motifs is 1. The first-order valence-corrected chi connectivity index (χ1v) is 7.71. The summed E-state index contributed by atoms with van der Waals surface area (Å²) in [5.74, 6) is -2.78.